The van der Waals surface area contributed by atoms with Gasteiger partial charge < -0.3 is 5.32 Å². The van der Waals surface area contributed by atoms with E-state index < -0.39 is 12.7 Å². The van der Waals surface area contributed by atoms with E-state index in [9.17, 15) is 13.2 Å². The van der Waals surface area contributed by atoms with Gasteiger partial charge in [-0.25, -0.2) is 0 Å². The van der Waals surface area contributed by atoms with Crippen molar-refractivity contribution in [3.8, 4) is 0 Å². The number of nitrogens with one attached hydrogen (secondary N) is 1. The van der Waals surface area contributed by atoms with E-state index in [0.717, 1.165) is 19.4 Å². The van der Waals surface area contributed by atoms with E-state index in [0.29, 0.717) is 23.9 Å². The SMILES string of the molecule is CSC1(CNC2CCN(CC(F)(F)F)CC2)CCCCC1. The van der Waals surface area contributed by atoms with E-state index in [4.69, 9.17) is 0 Å². The van der Waals surface area contributed by atoms with Crippen LogP contribution in [0.1, 0.15) is 44.9 Å². The van der Waals surface area contributed by atoms with Crippen molar-refractivity contribution >= 4 is 11.8 Å². The molecule has 1 aliphatic heterocycles. The number of thioether (sulfide) groups is 1. The van der Waals surface area contributed by atoms with Gasteiger partial charge in [-0.05, 0) is 45.0 Å². The molecule has 0 radical (unpaired) electrons. The Balaban J connectivity index is 1.71. The lowest BCUT2D eigenvalue weighted by Gasteiger charge is -2.39. The maximum atomic E-state index is 12.4. The third-order valence-electron chi connectivity index (χ3n) is 4.90. The lowest BCUT2D eigenvalue weighted by Crippen LogP contribution is -2.49. The number of hydrogen-bond acceptors (Lipinski definition) is 3. The Bertz CT molecular complexity index is 309. The van der Waals surface area contributed by atoms with Gasteiger partial charge in [0.05, 0.1) is 6.54 Å². The van der Waals surface area contributed by atoms with Crippen LogP contribution in [0.2, 0.25) is 0 Å². The van der Waals surface area contributed by atoms with Gasteiger partial charge in [-0.3, -0.25) is 4.90 Å². The van der Waals surface area contributed by atoms with E-state index in [1.165, 1.54) is 37.0 Å². The Morgan fingerprint density at radius 1 is 1.14 bits per heavy atom. The monoisotopic (exact) mass is 324 g/mol. The molecule has 1 heterocycles. The van der Waals surface area contributed by atoms with Gasteiger partial charge in [0.1, 0.15) is 0 Å². The van der Waals surface area contributed by atoms with Crippen molar-refractivity contribution in [3.05, 3.63) is 0 Å². The van der Waals surface area contributed by atoms with Crippen molar-refractivity contribution in [1.82, 2.24) is 10.2 Å². The van der Waals surface area contributed by atoms with Gasteiger partial charge in [0.2, 0.25) is 0 Å². The molecule has 2 fully saturated rings. The third kappa shape index (κ3) is 5.64. The third-order valence-corrected chi connectivity index (χ3v) is 6.32. The molecule has 0 unspecified atom stereocenters. The number of nitrogens with zero attached hydrogens (tertiary/aromatic N) is 1. The fourth-order valence-electron chi connectivity index (χ4n) is 3.53. The van der Waals surface area contributed by atoms with Crippen LogP contribution >= 0.6 is 11.8 Å². The molecular formula is C15H27F3N2S. The minimum atomic E-state index is -4.06. The van der Waals surface area contributed by atoms with Crippen LogP contribution in [0.15, 0.2) is 0 Å². The average Bonchev–Trinajstić information content (AvgIpc) is 2.46. The summed E-state index contributed by atoms with van der Waals surface area (Å²) < 4.78 is 37.5. The summed E-state index contributed by atoms with van der Waals surface area (Å²) in [4.78, 5) is 1.53. The second-order valence-electron chi connectivity index (χ2n) is 6.49. The average molecular weight is 324 g/mol. The molecular weight excluding hydrogens is 297 g/mol. The highest BCUT2D eigenvalue weighted by atomic mass is 32.2. The lowest BCUT2D eigenvalue weighted by molar-refractivity contribution is -0.148. The summed E-state index contributed by atoms with van der Waals surface area (Å²) in [7, 11) is 0. The second-order valence-corrected chi connectivity index (χ2v) is 7.77. The van der Waals surface area contributed by atoms with Gasteiger partial charge >= 0.3 is 6.18 Å². The number of rotatable bonds is 5. The summed E-state index contributed by atoms with van der Waals surface area (Å²) in [6, 6.07) is 0.389. The van der Waals surface area contributed by atoms with E-state index in [-0.39, 0.29) is 0 Å². The highest BCUT2D eigenvalue weighted by Crippen LogP contribution is 2.38. The molecule has 1 aliphatic carbocycles. The normalized spacial score (nSPS) is 25.1. The Labute approximate surface area is 130 Å². The van der Waals surface area contributed by atoms with Gasteiger partial charge in [-0.15, -0.1) is 0 Å². The number of halogens is 3. The number of piperidine rings is 1. The molecule has 0 amide bonds. The van der Waals surface area contributed by atoms with Crippen molar-refractivity contribution in [2.24, 2.45) is 0 Å². The quantitative estimate of drug-likeness (QED) is 0.831. The van der Waals surface area contributed by atoms with E-state index in [2.05, 4.69) is 11.6 Å². The fraction of sp³-hybridized carbons (Fsp3) is 1.00. The summed E-state index contributed by atoms with van der Waals surface area (Å²) in [5.74, 6) is 0. The first-order valence-corrected chi connectivity index (χ1v) is 9.23. The summed E-state index contributed by atoms with van der Waals surface area (Å²) in [5, 5.41) is 3.64. The van der Waals surface area contributed by atoms with Crippen LogP contribution in [0.3, 0.4) is 0 Å². The van der Waals surface area contributed by atoms with Crippen molar-refractivity contribution in [3.63, 3.8) is 0 Å². The molecule has 124 valence electrons. The van der Waals surface area contributed by atoms with Crippen LogP contribution in [-0.2, 0) is 0 Å². The Morgan fingerprint density at radius 2 is 1.76 bits per heavy atom. The van der Waals surface area contributed by atoms with Crippen molar-refractivity contribution in [1.29, 1.82) is 0 Å². The summed E-state index contributed by atoms with van der Waals surface area (Å²) in [6.07, 6.45) is 6.31. The minimum Gasteiger partial charge on any atom is -0.313 e. The van der Waals surface area contributed by atoms with Crippen molar-refractivity contribution < 1.29 is 13.2 Å². The second kappa shape index (κ2) is 7.55. The molecule has 0 atom stereocenters. The van der Waals surface area contributed by atoms with Gasteiger partial charge in [-0.2, -0.15) is 24.9 Å². The van der Waals surface area contributed by atoms with Crippen LogP contribution in [0.25, 0.3) is 0 Å². The topological polar surface area (TPSA) is 15.3 Å². The van der Waals surface area contributed by atoms with Crippen LogP contribution < -0.4 is 5.32 Å². The van der Waals surface area contributed by atoms with Gasteiger partial charge in [0, 0.05) is 17.3 Å². The minimum absolute atomic E-state index is 0.362. The molecule has 1 saturated heterocycles. The molecule has 0 aromatic rings. The first-order chi connectivity index (χ1) is 9.92. The molecule has 2 nitrogen and oxygen atoms in total. The molecule has 1 saturated carbocycles. The molecule has 0 bridgehead atoms. The molecule has 6 heteroatoms. The van der Waals surface area contributed by atoms with Gasteiger partial charge in [-0.1, -0.05) is 19.3 Å². The first-order valence-electron chi connectivity index (χ1n) is 8.00. The molecule has 2 rings (SSSR count). The van der Waals surface area contributed by atoms with E-state index in [1.807, 2.05) is 11.8 Å². The zero-order chi connectivity index (χ0) is 15.3. The predicted molar refractivity (Wildman–Crippen MR) is 82.9 cm³/mol. The highest BCUT2D eigenvalue weighted by molar-refractivity contribution is 8.00. The standard InChI is InChI=1S/C15H27F3N2S/c1-21-14(7-3-2-4-8-14)11-19-13-5-9-20(10-6-13)12-15(16,17)18/h13,19H,2-12H2,1H3. The maximum Gasteiger partial charge on any atom is 0.401 e. The molecule has 21 heavy (non-hydrogen) atoms. The maximum absolute atomic E-state index is 12.4. The lowest BCUT2D eigenvalue weighted by atomic mass is 9.88. The predicted octanol–water partition coefficient (Wildman–Crippen LogP) is 3.67. The van der Waals surface area contributed by atoms with Gasteiger partial charge in [0.25, 0.3) is 0 Å². The van der Waals surface area contributed by atoms with Gasteiger partial charge in [0.15, 0.2) is 0 Å². The zero-order valence-electron chi connectivity index (χ0n) is 12.8. The number of alkyl halides is 3. The molecule has 2 aliphatic rings. The van der Waals surface area contributed by atoms with Crippen LogP contribution in [0, 0.1) is 0 Å². The number of hydrogen-bond donors (Lipinski definition) is 1. The Kier molecular flexibility index (Phi) is 6.26. The summed E-state index contributed by atoms with van der Waals surface area (Å²) >= 11 is 1.97. The largest absolute Gasteiger partial charge is 0.401 e. The van der Waals surface area contributed by atoms with Crippen LogP contribution in [-0.4, -0.2) is 54.3 Å². The van der Waals surface area contributed by atoms with Crippen LogP contribution in [0.4, 0.5) is 13.2 Å². The van der Waals surface area contributed by atoms with Crippen LogP contribution in [0.5, 0.6) is 0 Å². The zero-order valence-corrected chi connectivity index (χ0v) is 13.7. The molecule has 0 aromatic heterocycles. The van der Waals surface area contributed by atoms with E-state index in [1.54, 1.807) is 0 Å². The Morgan fingerprint density at radius 3 is 2.29 bits per heavy atom. The molecule has 0 aromatic carbocycles. The molecule has 0 spiro atoms. The Hall–Kier alpha value is 0.0600. The van der Waals surface area contributed by atoms with Crippen molar-refractivity contribution in [2.75, 3.05) is 32.4 Å². The summed E-state index contributed by atoms with van der Waals surface area (Å²) in [5.41, 5.74) is 0. The van der Waals surface area contributed by atoms with E-state index >= 15 is 0 Å². The first kappa shape index (κ1) is 17.4. The fourth-order valence-corrected chi connectivity index (χ4v) is 4.45. The highest BCUT2D eigenvalue weighted by Gasteiger charge is 2.34. The van der Waals surface area contributed by atoms with Crippen molar-refractivity contribution in [2.45, 2.75) is 61.9 Å². The number of likely N-dealkylation sites (tertiary alicyclic amines) is 1. The smallest absolute Gasteiger partial charge is 0.313 e. The summed E-state index contributed by atoms with van der Waals surface area (Å²) in [6.45, 7) is 1.37. The molecule has 1 N–H and O–H groups in total.